The lowest BCUT2D eigenvalue weighted by molar-refractivity contribution is 0.304. The number of aromatic nitrogens is 4. The molecular weight excluding hydrogens is 400 g/mol. The maximum absolute atomic E-state index is 6.14. The molecule has 1 aromatic carbocycles. The molecule has 7 nitrogen and oxygen atoms in total. The number of imidazole rings is 1. The largest absolute Gasteiger partial charge is 0.497 e. The van der Waals surface area contributed by atoms with Crippen molar-refractivity contribution in [3.63, 3.8) is 0 Å². The van der Waals surface area contributed by atoms with Crippen LogP contribution >= 0.6 is 11.3 Å². The van der Waals surface area contributed by atoms with Gasteiger partial charge in [0.15, 0.2) is 0 Å². The second-order valence-electron chi connectivity index (χ2n) is 6.58. The number of hydrogen-bond donors (Lipinski definition) is 0. The van der Waals surface area contributed by atoms with Gasteiger partial charge in [0.2, 0.25) is 0 Å². The topological polar surface area (TPSA) is 70.8 Å². The van der Waals surface area contributed by atoms with Crippen molar-refractivity contribution < 1.29 is 14.2 Å². The van der Waals surface area contributed by atoms with Crippen molar-refractivity contribution >= 4 is 27.9 Å². The van der Waals surface area contributed by atoms with E-state index in [2.05, 4.69) is 15.0 Å². The molecule has 0 saturated carbocycles. The van der Waals surface area contributed by atoms with Crippen LogP contribution in [0.4, 0.5) is 0 Å². The van der Waals surface area contributed by atoms with E-state index < -0.39 is 0 Å². The van der Waals surface area contributed by atoms with Crippen molar-refractivity contribution in [2.24, 2.45) is 0 Å². The molecule has 0 bridgehead atoms. The molecule has 8 heteroatoms. The van der Waals surface area contributed by atoms with Crippen LogP contribution in [0.5, 0.6) is 16.7 Å². The standard InChI is InChI=1S/C22H18N4O3S/c1-27-16-4-5-17-18(9-16)23-8-7-20(17)29-12-15-10-24-21-6-3-14(11-26(15)21)19-13-30-22(25-19)28-2/h3-11,13H,12H2,1-2H3. The van der Waals surface area contributed by atoms with Crippen molar-refractivity contribution in [1.82, 2.24) is 19.4 Å². The Balaban J connectivity index is 1.44. The molecule has 0 aliphatic carbocycles. The fraction of sp³-hybridized carbons (Fsp3) is 0.136. The molecule has 0 spiro atoms. The summed E-state index contributed by atoms with van der Waals surface area (Å²) >= 11 is 1.47. The maximum atomic E-state index is 6.14. The van der Waals surface area contributed by atoms with Crippen LogP contribution in [-0.2, 0) is 6.61 Å². The predicted molar refractivity (Wildman–Crippen MR) is 115 cm³/mol. The molecule has 4 aromatic heterocycles. The fourth-order valence-electron chi connectivity index (χ4n) is 3.28. The van der Waals surface area contributed by atoms with Crippen LogP contribution in [0, 0.1) is 0 Å². The van der Waals surface area contributed by atoms with Gasteiger partial charge in [-0.1, -0.05) is 11.3 Å². The van der Waals surface area contributed by atoms with Crippen molar-refractivity contribution in [1.29, 1.82) is 0 Å². The molecule has 0 unspecified atom stereocenters. The summed E-state index contributed by atoms with van der Waals surface area (Å²) in [5, 5.41) is 3.55. The van der Waals surface area contributed by atoms with Gasteiger partial charge in [-0.2, -0.15) is 0 Å². The monoisotopic (exact) mass is 418 g/mol. The van der Waals surface area contributed by atoms with Gasteiger partial charge in [-0.05, 0) is 30.3 Å². The lowest BCUT2D eigenvalue weighted by Gasteiger charge is -2.10. The van der Waals surface area contributed by atoms with Crippen LogP contribution in [0.3, 0.4) is 0 Å². The van der Waals surface area contributed by atoms with Gasteiger partial charge < -0.3 is 14.2 Å². The predicted octanol–water partition coefficient (Wildman–Crippen LogP) is 4.60. The SMILES string of the molecule is COc1ccc2c(OCc3cnc4ccc(-c5csc(OC)n5)cn34)ccnc2c1. The maximum Gasteiger partial charge on any atom is 0.273 e. The Morgan fingerprint density at radius 3 is 2.80 bits per heavy atom. The molecule has 150 valence electrons. The Hall–Kier alpha value is -3.65. The molecule has 5 aromatic rings. The normalized spacial score (nSPS) is 11.1. The number of methoxy groups -OCH3 is 2. The zero-order chi connectivity index (χ0) is 20.5. The van der Waals surface area contributed by atoms with Gasteiger partial charge in [0, 0.05) is 34.8 Å². The summed E-state index contributed by atoms with van der Waals surface area (Å²) in [6, 6.07) is 11.6. The van der Waals surface area contributed by atoms with E-state index in [1.54, 1.807) is 20.4 Å². The molecule has 5 rings (SSSR count). The molecule has 0 N–H and O–H groups in total. The number of rotatable bonds is 6. The zero-order valence-electron chi connectivity index (χ0n) is 16.4. The Bertz CT molecular complexity index is 1340. The molecule has 0 atom stereocenters. The summed E-state index contributed by atoms with van der Waals surface area (Å²) in [5.74, 6) is 1.53. The minimum atomic E-state index is 0.371. The Morgan fingerprint density at radius 1 is 1.03 bits per heavy atom. The number of pyridine rings is 2. The highest BCUT2D eigenvalue weighted by Gasteiger charge is 2.10. The number of benzene rings is 1. The van der Waals surface area contributed by atoms with Gasteiger partial charge >= 0.3 is 0 Å². The van der Waals surface area contributed by atoms with E-state index in [9.17, 15) is 0 Å². The average Bonchev–Trinajstić information content (AvgIpc) is 3.43. The van der Waals surface area contributed by atoms with E-state index in [0.717, 1.165) is 45.0 Å². The van der Waals surface area contributed by atoms with E-state index >= 15 is 0 Å². The lowest BCUT2D eigenvalue weighted by Crippen LogP contribution is -2.01. The molecule has 0 radical (unpaired) electrons. The zero-order valence-corrected chi connectivity index (χ0v) is 17.2. The highest BCUT2D eigenvalue weighted by Crippen LogP contribution is 2.29. The minimum Gasteiger partial charge on any atom is -0.497 e. The lowest BCUT2D eigenvalue weighted by atomic mass is 10.2. The third kappa shape index (κ3) is 3.31. The van der Waals surface area contributed by atoms with Crippen LogP contribution in [0.2, 0.25) is 0 Å². The first-order valence-electron chi connectivity index (χ1n) is 9.26. The van der Waals surface area contributed by atoms with Gasteiger partial charge in [0.1, 0.15) is 23.8 Å². The number of nitrogens with zero attached hydrogens (tertiary/aromatic N) is 4. The highest BCUT2D eigenvalue weighted by atomic mass is 32.1. The van der Waals surface area contributed by atoms with E-state index in [-0.39, 0.29) is 0 Å². The summed E-state index contributed by atoms with van der Waals surface area (Å²) in [6.07, 6.45) is 5.58. The molecule has 4 heterocycles. The minimum absolute atomic E-state index is 0.371. The number of hydrogen-bond acceptors (Lipinski definition) is 7. The van der Waals surface area contributed by atoms with E-state index in [0.29, 0.717) is 11.8 Å². The van der Waals surface area contributed by atoms with Gasteiger partial charge in [-0.15, -0.1) is 0 Å². The average molecular weight is 418 g/mol. The van der Waals surface area contributed by atoms with Crippen LogP contribution in [-0.4, -0.2) is 33.6 Å². The molecule has 0 aliphatic heterocycles. The summed E-state index contributed by atoms with van der Waals surface area (Å²) in [6.45, 7) is 0.371. The third-order valence-corrected chi connectivity index (χ3v) is 5.62. The van der Waals surface area contributed by atoms with Crippen LogP contribution in [0.25, 0.3) is 27.8 Å². The molecular formula is C22H18N4O3S. The fourth-order valence-corrected chi connectivity index (χ4v) is 3.93. The second-order valence-corrected chi connectivity index (χ2v) is 7.40. The van der Waals surface area contributed by atoms with Gasteiger partial charge in [0.25, 0.3) is 5.19 Å². The Morgan fingerprint density at radius 2 is 1.97 bits per heavy atom. The molecule has 30 heavy (non-hydrogen) atoms. The van der Waals surface area contributed by atoms with E-state index in [1.807, 2.05) is 58.6 Å². The Kier molecular flexibility index (Phi) is 4.68. The smallest absolute Gasteiger partial charge is 0.273 e. The molecule has 0 aliphatic rings. The highest BCUT2D eigenvalue weighted by molar-refractivity contribution is 7.11. The third-order valence-electron chi connectivity index (χ3n) is 4.82. The molecule has 0 fully saturated rings. The Labute approximate surface area is 176 Å². The van der Waals surface area contributed by atoms with Crippen LogP contribution in [0.1, 0.15) is 5.69 Å². The van der Waals surface area contributed by atoms with Gasteiger partial charge in [-0.25, -0.2) is 9.97 Å². The number of thiazole rings is 1. The summed E-state index contributed by atoms with van der Waals surface area (Å²) in [5.41, 5.74) is 4.47. The van der Waals surface area contributed by atoms with E-state index in [4.69, 9.17) is 14.2 Å². The first kappa shape index (κ1) is 18.4. The summed E-state index contributed by atoms with van der Waals surface area (Å²) in [7, 11) is 3.26. The first-order valence-corrected chi connectivity index (χ1v) is 10.1. The van der Waals surface area contributed by atoms with Crippen molar-refractivity contribution in [2.75, 3.05) is 14.2 Å². The van der Waals surface area contributed by atoms with Crippen molar-refractivity contribution in [3.05, 3.63) is 66.1 Å². The number of fused-ring (bicyclic) bond motifs is 2. The van der Waals surface area contributed by atoms with Gasteiger partial charge in [0.05, 0.1) is 37.3 Å². The van der Waals surface area contributed by atoms with Crippen molar-refractivity contribution in [2.45, 2.75) is 6.61 Å². The van der Waals surface area contributed by atoms with E-state index in [1.165, 1.54) is 11.3 Å². The molecule has 0 amide bonds. The quantitative estimate of drug-likeness (QED) is 0.401. The first-order chi connectivity index (χ1) is 14.7. The second kappa shape index (κ2) is 7.64. The summed E-state index contributed by atoms with van der Waals surface area (Å²) in [4.78, 5) is 13.4. The van der Waals surface area contributed by atoms with Crippen LogP contribution < -0.4 is 14.2 Å². The van der Waals surface area contributed by atoms with Crippen LogP contribution in [0.15, 0.2) is 60.4 Å². The molecule has 0 saturated heterocycles. The van der Waals surface area contributed by atoms with Gasteiger partial charge in [-0.3, -0.25) is 9.38 Å². The number of ether oxygens (including phenoxy) is 3. The van der Waals surface area contributed by atoms with Crippen molar-refractivity contribution in [3.8, 4) is 28.0 Å². The summed E-state index contributed by atoms with van der Waals surface area (Å²) < 4.78 is 18.6.